The Bertz CT molecular complexity index is 717. The van der Waals surface area contributed by atoms with Crippen LogP contribution in [0.2, 0.25) is 0 Å². The predicted octanol–water partition coefficient (Wildman–Crippen LogP) is -0.410. The van der Waals surface area contributed by atoms with E-state index in [9.17, 15) is 13.2 Å². The first kappa shape index (κ1) is 13.8. The maximum absolute atomic E-state index is 12.3. The Morgan fingerprint density at radius 1 is 1.58 bits per heavy atom. The molecule has 0 saturated carbocycles. The van der Waals surface area contributed by atoms with Crippen molar-refractivity contribution in [2.24, 2.45) is 5.73 Å². The zero-order valence-corrected chi connectivity index (χ0v) is 11.9. The zero-order chi connectivity index (χ0) is 14.2. The number of aromatic nitrogens is 2. The number of imidazole rings is 1. The van der Waals surface area contributed by atoms with Gasteiger partial charge in [-0.2, -0.15) is 4.72 Å². The van der Waals surface area contributed by atoms with Gasteiger partial charge in [-0.15, -0.1) is 11.3 Å². The SMILES string of the molecule is CNc1nc2sccn2c1S(=O)(=O)NC(C)C(N)=O. The quantitative estimate of drug-likeness (QED) is 0.694. The molecule has 10 heteroatoms. The van der Waals surface area contributed by atoms with E-state index in [2.05, 4.69) is 15.0 Å². The minimum atomic E-state index is -3.91. The molecule has 0 spiro atoms. The highest BCUT2D eigenvalue weighted by Gasteiger charge is 2.28. The van der Waals surface area contributed by atoms with Gasteiger partial charge < -0.3 is 11.1 Å². The third-order valence-electron chi connectivity index (χ3n) is 2.47. The van der Waals surface area contributed by atoms with E-state index in [-0.39, 0.29) is 10.8 Å². The molecule has 4 N–H and O–H groups in total. The maximum atomic E-state index is 12.3. The highest BCUT2D eigenvalue weighted by Crippen LogP contribution is 2.25. The standard InChI is InChI=1S/C9H13N5O3S2/c1-5(6(10)15)13-19(16,17)8-7(11-2)12-9-14(8)3-4-18-9/h3-5,11,13H,1-2H3,(H2,10,15). The van der Waals surface area contributed by atoms with Gasteiger partial charge in [-0.05, 0) is 6.92 Å². The molecule has 1 amide bonds. The van der Waals surface area contributed by atoms with Crippen LogP contribution in [0.15, 0.2) is 16.6 Å². The van der Waals surface area contributed by atoms with E-state index in [1.54, 1.807) is 18.6 Å². The Hall–Kier alpha value is -1.65. The van der Waals surface area contributed by atoms with E-state index in [0.717, 1.165) is 0 Å². The van der Waals surface area contributed by atoms with Crippen LogP contribution >= 0.6 is 11.3 Å². The molecular formula is C9H13N5O3S2. The third kappa shape index (κ3) is 2.41. The molecule has 0 saturated heterocycles. The number of thiazole rings is 1. The molecule has 0 bridgehead atoms. The number of rotatable bonds is 5. The summed E-state index contributed by atoms with van der Waals surface area (Å²) in [6.07, 6.45) is 1.59. The summed E-state index contributed by atoms with van der Waals surface area (Å²) in [7, 11) is -2.33. The largest absolute Gasteiger partial charge is 0.371 e. The number of carbonyl (C=O) groups excluding carboxylic acids is 1. The van der Waals surface area contributed by atoms with Crippen molar-refractivity contribution in [3.63, 3.8) is 0 Å². The van der Waals surface area contributed by atoms with E-state index in [0.29, 0.717) is 4.96 Å². The summed E-state index contributed by atoms with van der Waals surface area (Å²) >= 11 is 1.31. The molecule has 2 aromatic rings. The van der Waals surface area contributed by atoms with Crippen molar-refractivity contribution in [3.05, 3.63) is 11.6 Å². The highest BCUT2D eigenvalue weighted by molar-refractivity contribution is 7.89. The van der Waals surface area contributed by atoms with Gasteiger partial charge in [0.15, 0.2) is 15.8 Å². The van der Waals surface area contributed by atoms with Gasteiger partial charge in [0.25, 0.3) is 10.0 Å². The van der Waals surface area contributed by atoms with Crippen LogP contribution in [0.5, 0.6) is 0 Å². The van der Waals surface area contributed by atoms with Gasteiger partial charge >= 0.3 is 0 Å². The molecule has 8 nitrogen and oxygen atoms in total. The Morgan fingerprint density at radius 3 is 2.84 bits per heavy atom. The lowest BCUT2D eigenvalue weighted by atomic mass is 10.4. The van der Waals surface area contributed by atoms with Gasteiger partial charge in [-0.3, -0.25) is 9.20 Å². The van der Waals surface area contributed by atoms with Crippen LogP contribution in [0.4, 0.5) is 5.82 Å². The second-order valence-corrected chi connectivity index (χ2v) is 6.32. The van der Waals surface area contributed by atoms with Gasteiger partial charge in [0, 0.05) is 18.6 Å². The molecule has 2 heterocycles. The van der Waals surface area contributed by atoms with E-state index >= 15 is 0 Å². The van der Waals surface area contributed by atoms with Crippen molar-refractivity contribution >= 4 is 38.0 Å². The Kier molecular flexibility index (Phi) is 3.47. The van der Waals surface area contributed by atoms with Crippen LogP contribution in [-0.4, -0.2) is 36.8 Å². The van der Waals surface area contributed by atoms with Gasteiger partial charge in [0.05, 0.1) is 6.04 Å². The minimum absolute atomic E-state index is 0.0423. The topological polar surface area (TPSA) is 119 Å². The lowest BCUT2D eigenvalue weighted by Crippen LogP contribution is -2.42. The molecule has 1 atom stereocenters. The number of primary amides is 1. The van der Waals surface area contributed by atoms with Gasteiger partial charge in [0.2, 0.25) is 5.91 Å². The van der Waals surface area contributed by atoms with Crippen molar-refractivity contribution < 1.29 is 13.2 Å². The molecule has 19 heavy (non-hydrogen) atoms. The summed E-state index contributed by atoms with van der Waals surface area (Å²) in [5, 5.41) is 4.40. The van der Waals surface area contributed by atoms with Crippen molar-refractivity contribution in [3.8, 4) is 0 Å². The highest BCUT2D eigenvalue weighted by atomic mass is 32.2. The van der Waals surface area contributed by atoms with E-state index < -0.39 is 22.0 Å². The number of sulfonamides is 1. The molecule has 104 valence electrons. The van der Waals surface area contributed by atoms with Crippen LogP contribution in [-0.2, 0) is 14.8 Å². The van der Waals surface area contributed by atoms with Crippen molar-refractivity contribution in [1.82, 2.24) is 14.1 Å². The summed E-state index contributed by atoms with van der Waals surface area (Å²) < 4.78 is 28.2. The van der Waals surface area contributed by atoms with Gasteiger partial charge in [-0.25, -0.2) is 13.4 Å². The molecule has 0 radical (unpaired) electrons. The number of amides is 1. The first-order valence-electron chi connectivity index (χ1n) is 5.31. The number of fused-ring (bicyclic) bond motifs is 1. The molecule has 1 unspecified atom stereocenters. The first-order chi connectivity index (χ1) is 8.86. The number of hydrogen-bond donors (Lipinski definition) is 3. The monoisotopic (exact) mass is 303 g/mol. The number of hydrogen-bond acceptors (Lipinski definition) is 6. The lowest BCUT2D eigenvalue weighted by Gasteiger charge is -2.11. The average Bonchev–Trinajstić information content (AvgIpc) is 2.86. The Balaban J connectivity index is 2.53. The van der Waals surface area contributed by atoms with Crippen LogP contribution < -0.4 is 15.8 Å². The first-order valence-corrected chi connectivity index (χ1v) is 7.68. The van der Waals surface area contributed by atoms with Crippen molar-refractivity contribution in [2.75, 3.05) is 12.4 Å². The zero-order valence-electron chi connectivity index (χ0n) is 10.2. The Morgan fingerprint density at radius 2 is 2.26 bits per heavy atom. The maximum Gasteiger partial charge on any atom is 0.261 e. The van der Waals surface area contributed by atoms with Gasteiger partial charge in [-0.1, -0.05) is 0 Å². The predicted molar refractivity (Wildman–Crippen MR) is 71.6 cm³/mol. The summed E-state index contributed by atoms with van der Waals surface area (Å²) in [6, 6.07) is -1.00. The number of anilines is 1. The summed E-state index contributed by atoms with van der Waals surface area (Å²) in [6.45, 7) is 1.38. The van der Waals surface area contributed by atoms with E-state index in [1.165, 1.54) is 22.7 Å². The van der Waals surface area contributed by atoms with E-state index in [1.807, 2.05) is 0 Å². The van der Waals surface area contributed by atoms with Gasteiger partial charge in [0.1, 0.15) is 0 Å². The molecule has 0 fully saturated rings. The lowest BCUT2D eigenvalue weighted by molar-refractivity contribution is -0.119. The fourth-order valence-corrected chi connectivity index (χ4v) is 3.80. The molecular weight excluding hydrogens is 290 g/mol. The molecule has 0 aliphatic rings. The molecule has 2 rings (SSSR count). The summed E-state index contributed by atoms with van der Waals surface area (Å²) in [5.74, 6) is -0.531. The normalized spacial score (nSPS) is 13.6. The number of carbonyl (C=O) groups is 1. The molecule has 0 aliphatic carbocycles. The second kappa shape index (κ2) is 4.79. The van der Waals surface area contributed by atoms with Crippen molar-refractivity contribution in [1.29, 1.82) is 0 Å². The summed E-state index contributed by atoms with van der Waals surface area (Å²) in [5.41, 5.74) is 5.06. The van der Waals surface area contributed by atoms with Crippen molar-refractivity contribution in [2.45, 2.75) is 18.0 Å². The van der Waals surface area contributed by atoms with Crippen LogP contribution in [0.3, 0.4) is 0 Å². The number of nitrogens with zero attached hydrogens (tertiary/aromatic N) is 2. The van der Waals surface area contributed by atoms with Crippen LogP contribution in [0, 0.1) is 0 Å². The van der Waals surface area contributed by atoms with Crippen LogP contribution in [0.1, 0.15) is 6.92 Å². The number of nitrogens with two attached hydrogens (primary N) is 1. The molecule has 0 aromatic carbocycles. The molecule has 2 aromatic heterocycles. The second-order valence-electron chi connectivity index (χ2n) is 3.82. The Labute approximate surface area is 113 Å². The number of nitrogens with one attached hydrogen (secondary N) is 2. The van der Waals surface area contributed by atoms with E-state index in [4.69, 9.17) is 5.73 Å². The average molecular weight is 303 g/mol. The minimum Gasteiger partial charge on any atom is -0.371 e. The fraction of sp³-hybridized carbons (Fsp3) is 0.333. The smallest absolute Gasteiger partial charge is 0.261 e. The fourth-order valence-electron chi connectivity index (χ4n) is 1.53. The third-order valence-corrected chi connectivity index (χ3v) is 4.79. The van der Waals surface area contributed by atoms with Crippen LogP contribution in [0.25, 0.3) is 4.96 Å². The molecule has 0 aliphatic heterocycles. The summed E-state index contributed by atoms with van der Waals surface area (Å²) in [4.78, 5) is 15.7.